The third-order valence-electron chi connectivity index (χ3n) is 8.49. The summed E-state index contributed by atoms with van der Waals surface area (Å²) >= 11 is 0. The predicted octanol–water partition coefficient (Wildman–Crippen LogP) is 7.24. The molecule has 3 aromatic carbocycles. The van der Waals surface area contributed by atoms with Gasteiger partial charge in [-0.05, 0) is 96.7 Å². The van der Waals surface area contributed by atoms with E-state index in [1.54, 1.807) is 12.1 Å². The highest BCUT2D eigenvalue weighted by atomic mass is 19.1. The summed E-state index contributed by atoms with van der Waals surface area (Å²) in [7, 11) is 0. The van der Waals surface area contributed by atoms with E-state index < -0.39 is 0 Å². The van der Waals surface area contributed by atoms with Crippen molar-refractivity contribution in [2.24, 2.45) is 0 Å². The Bertz CT molecular complexity index is 1180. The first-order valence-electron chi connectivity index (χ1n) is 13.6. The van der Waals surface area contributed by atoms with Gasteiger partial charge in [0, 0.05) is 24.7 Å². The molecule has 2 saturated heterocycles. The van der Waals surface area contributed by atoms with E-state index in [2.05, 4.69) is 54.3 Å². The molecule has 1 aliphatic carbocycles. The maximum absolute atomic E-state index is 13.7. The molecule has 0 unspecified atom stereocenters. The minimum absolute atomic E-state index is 0.176. The van der Waals surface area contributed by atoms with Gasteiger partial charge in [0.2, 0.25) is 0 Å². The molecule has 188 valence electrons. The van der Waals surface area contributed by atoms with Crippen molar-refractivity contribution < 1.29 is 13.9 Å². The fraction of sp³-hybridized carbons (Fsp3) is 0.438. The fourth-order valence-electron chi connectivity index (χ4n) is 6.16. The van der Waals surface area contributed by atoms with Crippen molar-refractivity contribution in [3.8, 4) is 5.75 Å². The molecule has 6 rings (SSSR count). The summed E-state index contributed by atoms with van der Waals surface area (Å²) in [5.41, 5.74) is 6.78. The highest BCUT2D eigenvalue weighted by Gasteiger charge is 2.46. The van der Waals surface area contributed by atoms with Crippen LogP contribution in [0.4, 0.5) is 10.1 Å². The van der Waals surface area contributed by atoms with Crippen molar-refractivity contribution in [2.75, 3.05) is 31.2 Å². The van der Waals surface area contributed by atoms with Crippen LogP contribution in [0, 0.1) is 5.82 Å². The molecule has 2 heterocycles. The Hall–Kier alpha value is -2.85. The van der Waals surface area contributed by atoms with Gasteiger partial charge in [-0.25, -0.2) is 4.39 Å². The van der Waals surface area contributed by atoms with Crippen LogP contribution in [0.2, 0.25) is 0 Å². The van der Waals surface area contributed by atoms with E-state index in [9.17, 15) is 4.39 Å². The number of hydrogen-bond acceptors (Lipinski definition) is 3. The number of piperidine rings is 1. The number of rotatable bonds is 7. The molecule has 0 saturated carbocycles. The number of halogens is 1. The zero-order valence-corrected chi connectivity index (χ0v) is 21.2. The quantitative estimate of drug-likeness (QED) is 0.261. The topological polar surface area (TPSA) is 25.0 Å². The van der Waals surface area contributed by atoms with E-state index in [1.165, 1.54) is 27.9 Å². The number of nitrogens with zero attached hydrogens (tertiary/aromatic N) is 1. The third kappa shape index (κ3) is 4.76. The Labute approximate surface area is 214 Å². The zero-order valence-electron chi connectivity index (χ0n) is 21.2. The van der Waals surface area contributed by atoms with Crippen molar-refractivity contribution in [1.29, 1.82) is 0 Å². The Balaban J connectivity index is 1.29. The van der Waals surface area contributed by atoms with Gasteiger partial charge in [-0.15, -0.1) is 0 Å². The molecule has 3 aliphatic rings. The number of ether oxygens (including phenoxy) is 2. The summed E-state index contributed by atoms with van der Waals surface area (Å²) in [5, 5.41) is 0. The lowest BCUT2D eigenvalue weighted by molar-refractivity contribution is 0.258. The van der Waals surface area contributed by atoms with Gasteiger partial charge in [0.15, 0.2) is 0 Å². The SMILES string of the molecule is CCCCOc1ccc2c(c1)CC[C@H](c1ccc(F)cc1)[C@@H]2c1ccc(N2CCC3(CC2)CO3)cc1. The first kappa shape index (κ1) is 23.5. The summed E-state index contributed by atoms with van der Waals surface area (Å²) in [6, 6.07) is 23.0. The maximum atomic E-state index is 13.7. The minimum Gasteiger partial charge on any atom is -0.494 e. The molecule has 36 heavy (non-hydrogen) atoms. The van der Waals surface area contributed by atoms with E-state index in [0.717, 1.165) is 70.6 Å². The summed E-state index contributed by atoms with van der Waals surface area (Å²) in [4.78, 5) is 2.49. The maximum Gasteiger partial charge on any atom is 0.123 e. The Kier molecular flexibility index (Phi) is 6.47. The second kappa shape index (κ2) is 9.89. The van der Waals surface area contributed by atoms with Crippen molar-refractivity contribution in [3.05, 3.63) is 94.8 Å². The number of hydrogen-bond donors (Lipinski definition) is 0. The van der Waals surface area contributed by atoms with Crippen LogP contribution in [0.3, 0.4) is 0 Å². The molecule has 3 nitrogen and oxygen atoms in total. The molecular weight excluding hydrogens is 449 g/mol. The summed E-state index contributed by atoms with van der Waals surface area (Å²) in [5.74, 6) is 1.35. The van der Waals surface area contributed by atoms with E-state index in [0.29, 0.717) is 5.92 Å². The lowest BCUT2D eigenvalue weighted by atomic mass is 9.69. The average Bonchev–Trinajstić information content (AvgIpc) is 3.68. The third-order valence-corrected chi connectivity index (χ3v) is 8.49. The molecule has 0 N–H and O–H groups in total. The number of anilines is 1. The Morgan fingerprint density at radius 2 is 1.69 bits per heavy atom. The first-order valence-corrected chi connectivity index (χ1v) is 13.6. The minimum atomic E-state index is -0.176. The molecular formula is C32H36FNO2. The molecule has 2 atom stereocenters. The average molecular weight is 486 g/mol. The zero-order chi connectivity index (χ0) is 24.5. The van der Waals surface area contributed by atoms with E-state index in [4.69, 9.17) is 9.47 Å². The predicted molar refractivity (Wildman–Crippen MR) is 143 cm³/mol. The van der Waals surface area contributed by atoms with Crippen LogP contribution in [0.25, 0.3) is 0 Å². The Morgan fingerprint density at radius 3 is 2.39 bits per heavy atom. The number of epoxide rings is 1. The number of benzene rings is 3. The molecule has 0 amide bonds. The molecule has 0 radical (unpaired) electrons. The molecule has 2 aliphatic heterocycles. The van der Waals surface area contributed by atoms with Crippen LogP contribution in [-0.4, -0.2) is 31.9 Å². The molecule has 0 bridgehead atoms. The second-order valence-electron chi connectivity index (χ2n) is 10.8. The number of unbranched alkanes of at least 4 members (excludes halogenated alkanes) is 1. The van der Waals surface area contributed by atoms with E-state index >= 15 is 0 Å². The first-order chi connectivity index (χ1) is 17.6. The normalized spacial score (nSPS) is 22.3. The van der Waals surface area contributed by atoms with Gasteiger partial charge >= 0.3 is 0 Å². The van der Waals surface area contributed by atoms with Crippen LogP contribution in [0.5, 0.6) is 5.75 Å². The van der Waals surface area contributed by atoms with Crippen LogP contribution >= 0.6 is 0 Å². The largest absolute Gasteiger partial charge is 0.494 e. The van der Waals surface area contributed by atoms with Gasteiger partial charge in [0.1, 0.15) is 11.6 Å². The molecule has 2 fully saturated rings. The lowest BCUT2D eigenvalue weighted by Gasteiger charge is -2.36. The van der Waals surface area contributed by atoms with Gasteiger partial charge in [-0.1, -0.05) is 43.7 Å². The monoisotopic (exact) mass is 485 g/mol. The standard InChI is InChI=1S/C32H36FNO2/c1-2-3-20-35-28-13-15-30-25(21-28)8-14-29(23-4-9-26(33)10-5-23)31(30)24-6-11-27(12-7-24)34-18-16-32(17-19-34)22-36-32/h4-7,9-13,15,21,29,31H,2-3,8,14,16-20,22H2,1H3/t29-,31+/m1/s1. The smallest absolute Gasteiger partial charge is 0.123 e. The van der Waals surface area contributed by atoms with Crippen LogP contribution in [0.15, 0.2) is 66.7 Å². The van der Waals surface area contributed by atoms with Gasteiger partial charge in [-0.3, -0.25) is 0 Å². The summed E-state index contributed by atoms with van der Waals surface area (Å²) < 4.78 is 25.4. The highest BCUT2D eigenvalue weighted by molar-refractivity contribution is 5.53. The Morgan fingerprint density at radius 1 is 0.972 bits per heavy atom. The summed E-state index contributed by atoms with van der Waals surface area (Å²) in [6.07, 6.45) is 6.50. The molecule has 4 heteroatoms. The molecule has 1 spiro atoms. The second-order valence-corrected chi connectivity index (χ2v) is 10.8. The molecule has 3 aromatic rings. The van der Waals surface area contributed by atoms with Gasteiger partial charge in [0.05, 0.1) is 18.8 Å². The van der Waals surface area contributed by atoms with Crippen molar-refractivity contribution in [1.82, 2.24) is 0 Å². The lowest BCUT2D eigenvalue weighted by Crippen LogP contribution is -2.37. The van der Waals surface area contributed by atoms with Crippen LogP contribution in [0.1, 0.15) is 73.1 Å². The van der Waals surface area contributed by atoms with Gasteiger partial charge in [0.25, 0.3) is 0 Å². The fourth-order valence-corrected chi connectivity index (χ4v) is 6.16. The highest BCUT2D eigenvalue weighted by Crippen LogP contribution is 2.47. The van der Waals surface area contributed by atoms with Crippen molar-refractivity contribution in [3.63, 3.8) is 0 Å². The number of fused-ring (bicyclic) bond motifs is 1. The number of aryl methyl sites for hydroxylation is 1. The van der Waals surface area contributed by atoms with Crippen molar-refractivity contribution in [2.45, 2.75) is 62.9 Å². The van der Waals surface area contributed by atoms with Crippen LogP contribution in [-0.2, 0) is 11.2 Å². The van der Waals surface area contributed by atoms with Crippen LogP contribution < -0.4 is 9.64 Å². The van der Waals surface area contributed by atoms with E-state index in [1.807, 2.05) is 12.1 Å². The van der Waals surface area contributed by atoms with Gasteiger partial charge < -0.3 is 14.4 Å². The molecule has 0 aromatic heterocycles. The summed E-state index contributed by atoms with van der Waals surface area (Å²) in [6.45, 7) is 6.01. The van der Waals surface area contributed by atoms with Gasteiger partial charge in [-0.2, -0.15) is 0 Å². The van der Waals surface area contributed by atoms with E-state index in [-0.39, 0.29) is 17.3 Å². The van der Waals surface area contributed by atoms with Crippen molar-refractivity contribution >= 4 is 5.69 Å².